The van der Waals surface area contributed by atoms with Gasteiger partial charge in [-0.15, -0.1) is 0 Å². The molecule has 0 aromatic heterocycles. The predicted molar refractivity (Wildman–Crippen MR) is 113 cm³/mol. The molecule has 0 unspecified atom stereocenters. The van der Waals surface area contributed by atoms with Gasteiger partial charge < -0.3 is 15.5 Å². The van der Waals surface area contributed by atoms with Crippen LogP contribution in [-0.2, 0) is 22.4 Å². The highest BCUT2D eigenvalue weighted by molar-refractivity contribution is 7.80. The Hall–Kier alpha value is -2.73. The Labute approximate surface area is 165 Å². The Morgan fingerprint density at radius 3 is 2.30 bits per heavy atom. The predicted octanol–water partition coefficient (Wildman–Crippen LogP) is 3.15. The molecule has 0 saturated carbocycles. The van der Waals surface area contributed by atoms with E-state index in [1.807, 2.05) is 54.6 Å². The Balaban J connectivity index is 1.80. The number of nitrogens with zero attached hydrogens (tertiary/aromatic N) is 1. The van der Waals surface area contributed by atoms with Gasteiger partial charge in [-0.2, -0.15) is 0 Å². The molecule has 0 aliphatic heterocycles. The first kappa shape index (κ1) is 20.6. The number of carbonyl (C=O) groups excluding carboxylic acids is 2. The van der Waals surface area contributed by atoms with Crippen LogP contribution in [0.25, 0.3) is 0 Å². The molecule has 0 fully saturated rings. The number of thiocarbonyl (C=S) groups is 1. The van der Waals surface area contributed by atoms with Crippen LogP contribution in [0.5, 0.6) is 0 Å². The molecule has 2 N–H and O–H groups in total. The van der Waals surface area contributed by atoms with Gasteiger partial charge in [0.1, 0.15) is 0 Å². The highest BCUT2D eigenvalue weighted by Crippen LogP contribution is 2.13. The molecule has 0 heterocycles. The fourth-order valence-electron chi connectivity index (χ4n) is 2.53. The maximum absolute atomic E-state index is 12.0. The number of benzene rings is 2. The summed E-state index contributed by atoms with van der Waals surface area (Å²) in [6.45, 7) is 0. The van der Waals surface area contributed by atoms with Crippen LogP contribution in [-0.4, -0.2) is 35.9 Å². The van der Waals surface area contributed by atoms with Crippen molar-refractivity contribution in [1.29, 1.82) is 0 Å². The third-order valence-electron chi connectivity index (χ3n) is 4.05. The van der Waals surface area contributed by atoms with E-state index in [1.165, 1.54) is 0 Å². The fourth-order valence-corrected chi connectivity index (χ4v) is 2.77. The minimum atomic E-state index is -0.121. The van der Waals surface area contributed by atoms with E-state index >= 15 is 0 Å². The van der Waals surface area contributed by atoms with Crippen LogP contribution in [0.1, 0.15) is 24.0 Å². The zero-order valence-corrected chi connectivity index (χ0v) is 16.5. The standard InChI is InChI=1S/C21H25N3O2S/c1-24(2)20(26)14-12-17-9-6-10-18(15-17)22-21(27)23-19(25)13-11-16-7-4-3-5-8-16/h3-10,15H,11-14H2,1-2H3,(H2,22,23,25,27). The van der Waals surface area contributed by atoms with Gasteiger partial charge in [-0.3, -0.25) is 9.59 Å². The largest absolute Gasteiger partial charge is 0.349 e. The van der Waals surface area contributed by atoms with Gasteiger partial charge in [0.15, 0.2) is 5.11 Å². The van der Waals surface area contributed by atoms with E-state index in [0.717, 1.165) is 16.8 Å². The summed E-state index contributed by atoms with van der Waals surface area (Å²) in [4.78, 5) is 25.3. The van der Waals surface area contributed by atoms with Crippen molar-refractivity contribution in [3.05, 3.63) is 65.7 Å². The number of amides is 2. The van der Waals surface area contributed by atoms with Crippen LogP contribution in [0.4, 0.5) is 5.69 Å². The van der Waals surface area contributed by atoms with E-state index in [-0.39, 0.29) is 16.9 Å². The molecule has 0 radical (unpaired) electrons. The zero-order chi connectivity index (χ0) is 19.6. The average Bonchev–Trinajstić information content (AvgIpc) is 2.65. The normalized spacial score (nSPS) is 10.1. The lowest BCUT2D eigenvalue weighted by Gasteiger charge is -2.12. The summed E-state index contributed by atoms with van der Waals surface area (Å²) in [5.41, 5.74) is 2.94. The lowest BCUT2D eigenvalue weighted by molar-refractivity contribution is -0.128. The highest BCUT2D eigenvalue weighted by atomic mass is 32.1. The van der Waals surface area contributed by atoms with Gasteiger partial charge in [0.2, 0.25) is 11.8 Å². The summed E-state index contributed by atoms with van der Waals surface area (Å²) < 4.78 is 0. The van der Waals surface area contributed by atoms with Gasteiger partial charge in [0, 0.05) is 32.6 Å². The molecular weight excluding hydrogens is 358 g/mol. The third kappa shape index (κ3) is 7.58. The van der Waals surface area contributed by atoms with Crippen LogP contribution >= 0.6 is 12.2 Å². The van der Waals surface area contributed by atoms with Gasteiger partial charge in [-0.05, 0) is 48.3 Å². The molecule has 0 aliphatic rings. The summed E-state index contributed by atoms with van der Waals surface area (Å²) in [5, 5.41) is 6.00. The summed E-state index contributed by atoms with van der Waals surface area (Å²) in [6.07, 6.45) is 2.16. The van der Waals surface area contributed by atoms with E-state index in [9.17, 15) is 9.59 Å². The lowest BCUT2D eigenvalue weighted by atomic mass is 10.1. The lowest BCUT2D eigenvalue weighted by Crippen LogP contribution is -2.34. The van der Waals surface area contributed by atoms with E-state index in [4.69, 9.17) is 12.2 Å². The van der Waals surface area contributed by atoms with Crippen molar-refractivity contribution in [2.75, 3.05) is 19.4 Å². The molecule has 0 bridgehead atoms. The molecule has 6 heteroatoms. The maximum Gasteiger partial charge on any atom is 0.226 e. The quantitative estimate of drug-likeness (QED) is 0.721. The van der Waals surface area contributed by atoms with Gasteiger partial charge in [0.05, 0.1) is 0 Å². The number of rotatable bonds is 7. The number of nitrogens with one attached hydrogen (secondary N) is 2. The third-order valence-corrected chi connectivity index (χ3v) is 4.25. The van der Waals surface area contributed by atoms with Crippen molar-refractivity contribution in [1.82, 2.24) is 10.2 Å². The first-order valence-electron chi connectivity index (χ1n) is 8.88. The Bertz CT molecular complexity index is 791. The molecule has 0 aliphatic carbocycles. The van der Waals surface area contributed by atoms with Crippen molar-refractivity contribution in [2.24, 2.45) is 0 Å². The molecule has 2 aromatic rings. The molecule has 2 aromatic carbocycles. The summed E-state index contributed by atoms with van der Waals surface area (Å²) in [5.74, 6) is -0.0290. The molecule has 5 nitrogen and oxygen atoms in total. The van der Waals surface area contributed by atoms with Gasteiger partial charge in [-0.1, -0.05) is 42.5 Å². The average molecular weight is 384 g/mol. The molecule has 2 rings (SSSR count). The summed E-state index contributed by atoms with van der Waals surface area (Å²) in [6, 6.07) is 17.5. The molecular formula is C21H25N3O2S. The van der Waals surface area contributed by atoms with E-state index in [1.54, 1.807) is 19.0 Å². The SMILES string of the molecule is CN(C)C(=O)CCc1cccc(NC(=S)NC(=O)CCc2ccccc2)c1. The van der Waals surface area contributed by atoms with Crippen LogP contribution in [0.15, 0.2) is 54.6 Å². The molecule has 0 atom stereocenters. The number of anilines is 1. The molecule has 142 valence electrons. The van der Waals surface area contributed by atoms with Crippen molar-refractivity contribution in [3.63, 3.8) is 0 Å². The molecule has 27 heavy (non-hydrogen) atoms. The van der Waals surface area contributed by atoms with Crippen molar-refractivity contribution < 1.29 is 9.59 Å². The van der Waals surface area contributed by atoms with Crippen LogP contribution in [0.3, 0.4) is 0 Å². The Kier molecular flexibility index (Phi) is 7.95. The second-order valence-electron chi connectivity index (χ2n) is 6.48. The molecule has 0 saturated heterocycles. The number of aryl methyl sites for hydroxylation is 2. The van der Waals surface area contributed by atoms with E-state index < -0.39 is 0 Å². The zero-order valence-electron chi connectivity index (χ0n) is 15.7. The second kappa shape index (κ2) is 10.4. The summed E-state index contributed by atoms with van der Waals surface area (Å²) >= 11 is 5.22. The second-order valence-corrected chi connectivity index (χ2v) is 6.88. The van der Waals surface area contributed by atoms with Crippen molar-refractivity contribution in [3.8, 4) is 0 Å². The monoisotopic (exact) mass is 383 g/mol. The first-order chi connectivity index (χ1) is 12.9. The smallest absolute Gasteiger partial charge is 0.226 e. The maximum atomic E-state index is 12.0. The molecule has 0 spiro atoms. The minimum absolute atomic E-state index is 0.0922. The molecule has 2 amide bonds. The van der Waals surface area contributed by atoms with Crippen LogP contribution < -0.4 is 10.6 Å². The van der Waals surface area contributed by atoms with Crippen molar-refractivity contribution in [2.45, 2.75) is 25.7 Å². The highest BCUT2D eigenvalue weighted by Gasteiger charge is 2.07. The van der Waals surface area contributed by atoms with Crippen LogP contribution in [0.2, 0.25) is 0 Å². The number of hydrogen-bond donors (Lipinski definition) is 2. The van der Waals surface area contributed by atoms with Gasteiger partial charge in [-0.25, -0.2) is 0 Å². The summed E-state index contributed by atoms with van der Waals surface area (Å²) in [7, 11) is 3.50. The Morgan fingerprint density at radius 2 is 1.59 bits per heavy atom. The first-order valence-corrected chi connectivity index (χ1v) is 9.28. The van der Waals surface area contributed by atoms with Gasteiger partial charge in [0.25, 0.3) is 0 Å². The topological polar surface area (TPSA) is 61.4 Å². The van der Waals surface area contributed by atoms with Gasteiger partial charge >= 0.3 is 0 Å². The number of carbonyl (C=O) groups is 2. The van der Waals surface area contributed by atoms with E-state index in [0.29, 0.717) is 25.7 Å². The van der Waals surface area contributed by atoms with Crippen LogP contribution in [0, 0.1) is 0 Å². The van der Waals surface area contributed by atoms with E-state index in [2.05, 4.69) is 10.6 Å². The van der Waals surface area contributed by atoms with Crippen molar-refractivity contribution >= 4 is 34.8 Å². The Morgan fingerprint density at radius 1 is 0.926 bits per heavy atom. The number of hydrogen-bond acceptors (Lipinski definition) is 3. The fraction of sp³-hybridized carbons (Fsp3) is 0.286. The minimum Gasteiger partial charge on any atom is -0.349 e.